The lowest BCUT2D eigenvalue weighted by molar-refractivity contribution is -0.138. The second-order valence-electron chi connectivity index (χ2n) is 6.56. The van der Waals surface area contributed by atoms with Crippen LogP contribution < -0.4 is 5.32 Å². The Labute approximate surface area is 176 Å². The summed E-state index contributed by atoms with van der Waals surface area (Å²) in [5.41, 5.74) is 2.01. The first-order valence-electron chi connectivity index (χ1n) is 9.45. The van der Waals surface area contributed by atoms with Gasteiger partial charge in [-0.1, -0.05) is 67.1 Å². The highest BCUT2D eigenvalue weighted by molar-refractivity contribution is 7.99. The van der Waals surface area contributed by atoms with Crippen LogP contribution in [0.15, 0.2) is 54.6 Å². The van der Waals surface area contributed by atoms with Crippen LogP contribution in [-0.4, -0.2) is 35.1 Å². The van der Waals surface area contributed by atoms with Crippen LogP contribution in [-0.2, 0) is 21.9 Å². The molecule has 0 saturated carbocycles. The summed E-state index contributed by atoms with van der Waals surface area (Å²) in [6, 6.07) is 16.9. The summed E-state index contributed by atoms with van der Waals surface area (Å²) < 4.78 is 0. The number of thioether (sulfide) groups is 1. The molecule has 0 radical (unpaired) electrons. The molecule has 2 rings (SSSR count). The van der Waals surface area contributed by atoms with E-state index in [9.17, 15) is 9.59 Å². The second-order valence-corrected chi connectivity index (χ2v) is 7.95. The third kappa shape index (κ3) is 6.88. The highest BCUT2D eigenvalue weighted by atomic mass is 35.5. The van der Waals surface area contributed by atoms with Crippen LogP contribution in [0.4, 0.5) is 0 Å². The van der Waals surface area contributed by atoms with Gasteiger partial charge in [0.2, 0.25) is 11.8 Å². The van der Waals surface area contributed by atoms with Crippen molar-refractivity contribution in [3.8, 4) is 0 Å². The lowest BCUT2D eigenvalue weighted by atomic mass is 10.1. The van der Waals surface area contributed by atoms with Gasteiger partial charge in [-0.05, 0) is 30.5 Å². The third-order valence-corrected chi connectivity index (χ3v) is 5.71. The number of carbonyl (C=O) groups excluding carboxylic acids is 2. The van der Waals surface area contributed by atoms with Gasteiger partial charge in [0.25, 0.3) is 0 Å². The fraction of sp³-hybridized carbons (Fsp3) is 0.364. The molecule has 1 atom stereocenters. The predicted octanol–water partition coefficient (Wildman–Crippen LogP) is 4.52. The average molecular weight is 419 g/mol. The van der Waals surface area contributed by atoms with Crippen LogP contribution in [0, 0.1) is 0 Å². The maximum atomic E-state index is 13.0. The molecular weight excluding hydrogens is 392 g/mol. The molecule has 0 aliphatic rings. The molecule has 0 aliphatic heterocycles. The summed E-state index contributed by atoms with van der Waals surface area (Å²) in [5, 5.41) is 3.47. The average Bonchev–Trinajstić information content (AvgIpc) is 2.71. The van der Waals surface area contributed by atoms with E-state index in [1.165, 1.54) is 5.56 Å². The minimum absolute atomic E-state index is 0.0694. The van der Waals surface area contributed by atoms with Gasteiger partial charge in [-0.25, -0.2) is 0 Å². The Morgan fingerprint density at radius 2 is 1.79 bits per heavy atom. The smallest absolute Gasteiger partial charge is 0.242 e. The van der Waals surface area contributed by atoms with Crippen molar-refractivity contribution in [2.24, 2.45) is 0 Å². The number of hydrogen-bond donors (Lipinski definition) is 1. The molecule has 0 aliphatic carbocycles. The summed E-state index contributed by atoms with van der Waals surface area (Å²) in [6.45, 7) is 4.67. The zero-order valence-corrected chi connectivity index (χ0v) is 17.9. The first kappa shape index (κ1) is 22.3. The molecule has 0 saturated heterocycles. The largest absolute Gasteiger partial charge is 0.354 e. The van der Waals surface area contributed by atoms with E-state index in [1.807, 2.05) is 55.5 Å². The summed E-state index contributed by atoms with van der Waals surface area (Å²) in [6.07, 6.45) is 0.851. The summed E-state index contributed by atoms with van der Waals surface area (Å²) >= 11 is 7.83. The molecule has 150 valence electrons. The fourth-order valence-corrected chi connectivity index (χ4v) is 3.77. The minimum Gasteiger partial charge on any atom is -0.354 e. The fourth-order valence-electron chi connectivity index (χ4n) is 2.70. The molecule has 0 fully saturated rings. The molecule has 1 N–H and O–H groups in total. The molecule has 0 heterocycles. The van der Waals surface area contributed by atoms with Crippen molar-refractivity contribution in [3.63, 3.8) is 0 Å². The van der Waals surface area contributed by atoms with Crippen LogP contribution in [0.3, 0.4) is 0 Å². The topological polar surface area (TPSA) is 49.4 Å². The molecule has 0 bridgehead atoms. The van der Waals surface area contributed by atoms with E-state index >= 15 is 0 Å². The van der Waals surface area contributed by atoms with Crippen LogP contribution in [0.5, 0.6) is 0 Å². The van der Waals surface area contributed by atoms with E-state index in [1.54, 1.807) is 29.7 Å². The Balaban J connectivity index is 2.06. The van der Waals surface area contributed by atoms with Gasteiger partial charge in [0.15, 0.2) is 0 Å². The molecule has 2 aromatic carbocycles. The van der Waals surface area contributed by atoms with Crippen LogP contribution in [0.1, 0.15) is 31.4 Å². The van der Waals surface area contributed by atoms with Crippen molar-refractivity contribution in [1.29, 1.82) is 0 Å². The Bertz CT molecular complexity index is 770. The van der Waals surface area contributed by atoms with E-state index in [0.29, 0.717) is 23.9 Å². The van der Waals surface area contributed by atoms with Crippen molar-refractivity contribution >= 4 is 35.2 Å². The summed E-state index contributed by atoms with van der Waals surface area (Å²) in [5.74, 6) is 0.850. The first-order valence-corrected chi connectivity index (χ1v) is 11.0. The molecule has 2 amide bonds. The highest BCUT2D eigenvalue weighted by Crippen LogP contribution is 2.20. The number of rotatable bonds is 10. The van der Waals surface area contributed by atoms with Gasteiger partial charge in [0.05, 0.1) is 5.75 Å². The minimum atomic E-state index is -0.562. The number of halogens is 1. The van der Waals surface area contributed by atoms with E-state index in [-0.39, 0.29) is 11.8 Å². The number of benzene rings is 2. The summed E-state index contributed by atoms with van der Waals surface area (Å²) in [7, 11) is 0. The standard InChI is InChI=1S/C22H27ClN2O2S/c1-3-13-24-22(27)17(2)25(14-19-11-7-8-12-20(19)23)21(26)16-28-15-18-9-5-4-6-10-18/h4-12,17H,3,13-16H2,1-2H3,(H,24,27)/t17-/m0/s1. The van der Waals surface area contributed by atoms with Gasteiger partial charge in [0, 0.05) is 23.9 Å². The van der Waals surface area contributed by atoms with Crippen LogP contribution >= 0.6 is 23.4 Å². The van der Waals surface area contributed by atoms with Gasteiger partial charge in [-0.2, -0.15) is 0 Å². The Hall–Kier alpha value is -1.98. The van der Waals surface area contributed by atoms with Crippen molar-refractivity contribution in [3.05, 3.63) is 70.7 Å². The SMILES string of the molecule is CCCNC(=O)[C@H](C)N(Cc1ccccc1Cl)C(=O)CSCc1ccccc1. The van der Waals surface area contributed by atoms with Gasteiger partial charge in [-0.15, -0.1) is 11.8 Å². The van der Waals surface area contributed by atoms with Crippen LogP contribution in [0.25, 0.3) is 0 Å². The highest BCUT2D eigenvalue weighted by Gasteiger charge is 2.26. The van der Waals surface area contributed by atoms with Crippen molar-refractivity contribution in [2.75, 3.05) is 12.3 Å². The Morgan fingerprint density at radius 1 is 1.11 bits per heavy atom. The zero-order valence-electron chi connectivity index (χ0n) is 16.4. The van der Waals surface area contributed by atoms with E-state index in [0.717, 1.165) is 17.7 Å². The molecule has 0 spiro atoms. The van der Waals surface area contributed by atoms with Gasteiger partial charge < -0.3 is 10.2 Å². The van der Waals surface area contributed by atoms with Crippen LogP contribution in [0.2, 0.25) is 5.02 Å². The predicted molar refractivity (Wildman–Crippen MR) is 117 cm³/mol. The third-order valence-electron chi connectivity index (χ3n) is 4.35. The number of nitrogens with zero attached hydrogens (tertiary/aromatic N) is 1. The lowest BCUT2D eigenvalue weighted by Gasteiger charge is -2.29. The Kier molecular flexibility index (Phi) is 9.38. The normalized spacial score (nSPS) is 11.7. The Morgan fingerprint density at radius 3 is 2.46 bits per heavy atom. The second kappa shape index (κ2) is 11.8. The van der Waals surface area contributed by atoms with Crippen molar-refractivity contribution < 1.29 is 9.59 Å². The number of hydrogen-bond acceptors (Lipinski definition) is 3. The lowest BCUT2D eigenvalue weighted by Crippen LogP contribution is -2.48. The molecule has 28 heavy (non-hydrogen) atoms. The quantitative estimate of drug-likeness (QED) is 0.617. The van der Waals surface area contributed by atoms with E-state index in [2.05, 4.69) is 5.32 Å². The number of nitrogens with one attached hydrogen (secondary N) is 1. The summed E-state index contributed by atoms with van der Waals surface area (Å²) in [4.78, 5) is 27.0. The monoisotopic (exact) mass is 418 g/mol. The molecule has 0 aromatic heterocycles. The molecule has 6 heteroatoms. The zero-order chi connectivity index (χ0) is 20.4. The molecule has 4 nitrogen and oxygen atoms in total. The van der Waals surface area contributed by atoms with E-state index in [4.69, 9.17) is 11.6 Å². The van der Waals surface area contributed by atoms with Gasteiger partial charge in [0.1, 0.15) is 6.04 Å². The maximum absolute atomic E-state index is 13.0. The van der Waals surface area contributed by atoms with Crippen molar-refractivity contribution in [2.45, 2.75) is 38.6 Å². The van der Waals surface area contributed by atoms with E-state index < -0.39 is 6.04 Å². The number of carbonyl (C=O) groups is 2. The van der Waals surface area contributed by atoms with Gasteiger partial charge in [-0.3, -0.25) is 9.59 Å². The molecular formula is C22H27ClN2O2S. The molecule has 2 aromatic rings. The van der Waals surface area contributed by atoms with Gasteiger partial charge >= 0.3 is 0 Å². The number of amides is 2. The maximum Gasteiger partial charge on any atom is 0.242 e. The molecule has 0 unspecified atom stereocenters. The van der Waals surface area contributed by atoms with Crippen molar-refractivity contribution in [1.82, 2.24) is 10.2 Å². The first-order chi connectivity index (χ1) is 13.5.